The molecule has 0 radical (unpaired) electrons. The van der Waals surface area contributed by atoms with Crippen molar-refractivity contribution in [3.63, 3.8) is 0 Å². The molecule has 0 aliphatic heterocycles. The number of aliphatic carboxylic acids is 1. The van der Waals surface area contributed by atoms with Gasteiger partial charge >= 0.3 is 5.97 Å². The van der Waals surface area contributed by atoms with Gasteiger partial charge in [-0.2, -0.15) is 0 Å². The van der Waals surface area contributed by atoms with Crippen LogP contribution in [0.3, 0.4) is 0 Å². The summed E-state index contributed by atoms with van der Waals surface area (Å²) in [7, 11) is 2.13. The SMILES string of the molecule is CC1CC1CN(C)CCOc1ccc(C=CC(=O)O)cc1. The third kappa shape index (κ3) is 5.60. The molecule has 1 aromatic rings. The van der Waals surface area contributed by atoms with E-state index in [1.54, 1.807) is 6.08 Å². The second kappa shape index (κ2) is 7.27. The van der Waals surface area contributed by atoms with Gasteiger partial charge in [0, 0.05) is 19.2 Å². The van der Waals surface area contributed by atoms with E-state index in [0.29, 0.717) is 6.61 Å². The fourth-order valence-corrected chi connectivity index (χ4v) is 2.31. The first-order chi connectivity index (χ1) is 10.0. The van der Waals surface area contributed by atoms with Crippen LogP contribution in [0, 0.1) is 11.8 Å². The van der Waals surface area contributed by atoms with Crippen molar-refractivity contribution in [2.75, 3.05) is 26.7 Å². The van der Waals surface area contributed by atoms with Gasteiger partial charge in [0.1, 0.15) is 12.4 Å². The standard InChI is InChI=1S/C17H23NO3/c1-13-11-15(13)12-18(2)9-10-21-16-6-3-14(4-7-16)5-8-17(19)20/h3-8,13,15H,9-12H2,1-2H3,(H,19,20). The Morgan fingerprint density at radius 2 is 2.10 bits per heavy atom. The lowest BCUT2D eigenvalue weighted by atomic mass is 10.2. The zero-order valence-corrected chi connectivity index (χ0v) is 12.7. The summed E-state index contributed by atoms with van der Waals surface area (Å²) >= 11 is 0. The predicted octanol–water partition coefficient (Wildman–Crippen LogP) is 2.75. The maximum atomic E-state index is 10.4. The Hall–Kier alpha value is -1.81. The molecule has 4 heteroatoms. The summed E-state index contributed by atoms with van der Waals surface area (Å²) in [6.07, 6.45) is 4.05. The van der Waals surface area contributed by atoms with Gasteiger partial charge in [0.15, 0.2) is 0 Å². The van der Waals surface area contributed by atoms with Gasteiger partial charge in [0.25, 0.3) is 0 Å². The molecule has 2 unspecified atom stereocenters. The van der Waals surface area contributed by atoms with Gasteiger partial charge in [-0.25, -0.2) is 4.79 Å². The molecule has 1 aliphatic carbocycles. The van der Waals surface area contributed by atoms with E-state index in [0.717, 1.165) is 42.3 Å². The van der Waals surface area contributed by atoms with Crippen molar-refractivity contribution in [1.29, 1.82) is 0 Å². The highest BCUT2D eigenvalue weighted by Crippen LogP contribution is 2.37. The molecule has 0 amide bonds. The zero-order valence-electron chi connectivity index (χ0n) is 12.7. The van der Waals surface area contributed by atoms with E-state index in [-0.39, 0.29) is 0 Å². The number of likely N-dealkylation sites (N-methyl/N-ethyl adjacent to an activating group) is 1. The monoisotopic (exact) mass is 289 g/mol. The molecule has 2 atom stereocenters. The highest BCUT2D eigenvalue weighted by atomic mass is 16.5. The second-order valence-corrected chi connectivity index (χ2v) is 5.82. The number of hydrogen-bond acceptors (Lipinski definition) is 3. The normalized spacial score (nSPS) is 20.9. The molecule has 114 valence electrons. The fraction of sp³-hybridized carbons (Fsp3) is 0.471. The topological polar surface area (TPSA) is 49.8 Å². The third-order valence-corrected chi connectivity index (χ3v) is 3.86. The van der Waals surface area contributed by atoms with Crippen LogP contribution in [0.2, 0.25) is 0 Å². The van der Waals surface area contributed by atoms with Gasteiger partial charge in [-0.3, -0.25) is 0 Å². The minimum atomic E-state index is -0.941. The summed E-state index contributed by atoms with van der Waals surface area (Å²) in [4.78, 5) is 12.7. The fourth-order valence-electron chi connectivity index (χ4n) is 2.31. The molecule has 0 saturated heterocycles. The number of benzene rings is 1. The van der Waals surface area contributed by atoms with Crippen molar-refractivity contribution < 1.29 is 14.6 Å². The van der Waals surface area contributed by atoms with E-state index in [1.807, 2.05) is 24.3 Å². The van der Waals surface area contributed by atoms with E-state index < -0.39 is 5.97 Å². The quantitative estimate of drug-likeness (QED) is 0.748. The van der Waals surface area contributed by atoms with Crippen LogP contribution in [-0.2, 0) is 4.79 Å². The lowest BCUT2D eigenvalue weighted by molar-refractivity contribution is -0.131. The summed E-state index contributed by atoms with van der Waals surface area (Å²) in [5.74, 6) is 1.63. The van der Waals surface area contributed by atoms with Crippen molar-refractivity contribution in [2.45, 2.75) is 13.3 Å². The van der Waals surface area contributed by atoms with Crippen LogP contribution in [-0.4, -0.2) is 42.7 Å². The van der Waals surface area contributed by atoms with E-state index in [1.165, 1.54) is 6.42 Å². The van der Waals surface area contributed by atoms with Crippen LogP contribution < -0.4 is 4.74 Å². The molecule has 21 heavy (non-hydrogen) atoms. The largest absolute Gasteiger partial charge is 0.492 e. The van der Waals surface area contributed by atoms with Gasteiger partial charge in [-0.05, 0) is 49.1 Å². The van der Waals surface area contributed by atoms with Crippen LogP contribution in [0.5, 0.6) is 5.75 Å². The number of carboxylic acids is 1. The Bertz CT molecular complexity index is 495. The van der Waals surface area contributed by atoms with E-state index >= 15 is 0 Å². The molecule has 1 aromatic carbocycles. The van der Waals surface area contributed by atoms with Crippen molar-refractivity contribution in [3.05, 3.63) is 35.9 Å². The Morgan fingerprint density at radius 3 is 2.67 bits per heavy atom. The molecule has 0 heterocycles. The lowest BCUT2D eigenvalue weighted by Gasteiger charge is -2.16. The number of hydrogen-bond donors (Lipinski definition) is 1. The molecule has 1 aliphatic rings. The average Bonchev–Trinajstić information content (AvgIpc) is 3.13. The van der Waals surface area contributed by atoms with Crippen LogP contribution in [0.25, 0.3) is 6.08 Å². The Balaban J connectivity index is 1.69. The lowest BCUT2D eigenvalue weighted by Crippen LogP contribution is -2.26. The molecule has 0 aromatic heterocycles. The number of carbonyl (C=O) groups is 1. The van der Waals surface area contributed by atoms with Crippen LogP contribution in [0.4, 0.5) is 0 Å². The molecule has 2 rings (SSSR count). The van der Waals surface area contributed by atoms with Gasteiger partial charge in [-0.15, -0.1) is 0 Å². The molecule has 1 fully saturated rings. The average molecular weight is 289 g/mol. The van der Waals surface area contributed by atoms with Gasteiger partial charge in [0.05, 0.1) is 0 Å². The molecule has 1 saturated carbocycles. The predicted molar refractivity (Wildman–Crippen MR) is 83.4 cm³/mol. The first-order valence-corrected chi connectivity index (χ1v) is 7.37. The van der Waals surface area contributed by atoms with E-state index in [4.69, 9.17) is 9.84 Å². The van der Waals surface area contributed by atoms with E-state index in [2.05, 4.69) is 18.9 Å². The summed E-state index contributed by atoms with van der Waals surface area (Å²) in [5, 5.41) is 8.56. The third-order valence-electron chi connectivity index (χ3n) is 3.86. The minimum absolute atomic E-state index is 0.669. The van der Waals surface area contributed by atoms with Crippen molar-refractivity contribution in [1.82, 2.24) is 4.90 Å². The van der Waals surface area contributed by atoms with Crippen LogP contribution >= 0.6 is 0 Å². The highest BCUT2D eigenvalue weighted by Gasteiger charge is 2.32. The minimum Gasteiger partial charge on any atom is -0.492 e. The first kappa shape index (κ1) is 15.6. The maximum Gasteiger partial charge on any atom is 0.328 e. The Labute approximate surface area is 126 Å². The van der Waals surface area contributed by atoms with Crippen molar-refractivity contribution in [2.24, 2.45) is 11.8 Å². The maximum absolute atomic E-state index is 10.4. The van der Waals surface area contributed by atoms with Crippen LogP contribution in [0.1, 0.15) is 18.9 Å². The molecule has 0 spiro atoms. The van der Waals surface area contributed by atoms with Gasteiger partial charge in [-0.1, -0.05) is 19.1 Å². The summed E-state index contributed by atoms with van der Waals surface area (Å²) < 4.78 is 5.70. The first-order valence-electron chi connectivity index (χ1n) is 7.37. The molecule has 4 nitrogen and oxygen atoms in total. The van der Waals surface area contributed by atoms with Crippen LogP contribution in [0.15, 0.2) is 30.3 Å². The molecular formula is C17H23NO3. The molecule has 0 bridgehead atoms. The summed E-state index contributed by atoms with van der Waals surface area (Å²) in [5.41, 5.74) is 0.851. The van der Waals surface area contributed by atoms with Gasteiger partial charge < -0.3 is 14.7 Å². The zero-order chi connectivity index (χ0) is 15.2. The highest BCUT2D eigenvalue weighted by molar-refractivity contribution is 5.85. The smallest absolute Gasteiger partial charge is 0.328 e. The van der Waals surface area contributed by atoms with E-state index in [9.17, 15) is 4.79 Å². The number of carboxylic acid groups (broad SMARTS) is 1. The van der Waals surface area contributed by atoms with Crippen molar-refractivity contribution in [3.8, 4) is 5.75 Å². The molecule has 1 N–H and O–H groups in total. The number of nitrogens with zero attached hydrogens (tertiary/aromatic N) is 1. The molecular weight excluding hydrogens is 266 g/mol. The second-order valence-electron chi connectivity index (χ2n) is 5.82. The summed E-state index contributed by atoms with van der Waals surface area (Å²) in [6.45, 7) is 5.05. The number of ether oxygens (including phenoxy) is 1. The summed E-state index contributed by atoms with van der Waals surface area (Å²) in [6, 6.07) is 7.43. The Kier molecular flexibility index (Phi) is 5.39. The van der Waals surface area contributed by atoms with Gasteiger partial charge in [0.2, 0.25) is 0 Å². The number of rotatable bonds is 8. The van der Waals surface area contributed by atoms with Crippen molar-refractivity contribution >= 4 is 12.0 Å². The Morgan fingerprint density at radius 1 is 1.43 bits per heavy atom.